The zero-order valence-corrected chi connectivity index (χ0v) is 13.2. The van der Waals surface area contributed by atoms with Gasteiger partial charge in [-0.25, -0.2) is 0 Å². The van der Waals surface area contributed by atoms with Crippen LogP contribution in [0.3, 0.4) is 0 Å². The minimum atomic E-state index is 0.328. The predicted molar refractivity (Wildman–Crippen MR) is 84.1 cm³/mol. The molecule has 3 heterocycles. The SMILES string of the molecule is NC1CCN(CC(=O)N2CCCC(N3CCCC3)C2)CC1. The van der Waals surface area contributed by atoms with Gasteiger partial charge in [0.2, 0.25) is 5.91 Å². The number of carbonyl (C=O) groups excluding carboxylic acids is 1. The highest BCUT2D eigenvalue weighted by atomic mass is 16.2. The molecule has 5 heteroatoms. The molecule has 1 unspecified atom stereocenters. The molecule has 0 bridgehead atoms. The summed E-state index contributed by atoms with van der Waals surface area (Å²) in [4.78, 5) is 19.5. The predicted octanol–water partition coefficient (Wildman–Crippen LogP) is 0.496. The first-order valence-electron chi connectivity index (χ1n) is 8.72. The largest absolute Gasteiger partial charge is 0.340 e. The van der Waals surface area contributed by atoms with Gasteiger partial charge in [-0.2, -0.15) is 0 Å². The summed E-state index contributed by atoms with van der Waals surface area (Å²) in [5.74, 6) is 0.328. The Morgan fingerprint density at radius 3 is 2.38 bits per heavy atom. The van der Waals surface area contributed by atoms with Crippen molar-refractivity contribution in [3.63, 3.8) is 0 Å². The minimum absolute atomic E-state index is 0.328. The topological polar surface area (TPSA) is 52.8 Å². The molecule has 1 amide bonds. The molecule has 0 aromatic carbocycles. The van der Waals surface area contributed by atoms with Gasteiger partial charge < -0.3 is 10.6 Å². The molecular formula is C16H30N4O. The first-order valence-corrected chi connectivity index (χ1v) is 8.72. The van der Waals surface area contributed by atoms with E-state index in [0.29, 0.717) is 24.5 Å². The van der Waals surface area contributed by atoms with Crippen LogP contribution < -0.4 is 5.73 Å². The third kappa shape index (κ3) is 3.96. The van der Waals surface area contributed by atoms with E-state index in [1.165, 1.54) is 32.4 Å². The number of nitrogens with two attached hydrogens (primary N) is 1. The van der Waals surface area contributed by atoms with Gasteiger partial charge in [0.15, 0.2) is 0 Å². The highest BCUT2D eigenvalue weighted by molar-refractivity contribution is 5.78. The second kappa shape index (κ2) is 7.07. The van der Waals surface area contributed by atoms with Crippen molar-refractivity contribution in [1.29, 1.82) is 0 Å². The molecule has 0 aromatic rings. The quantitative estimate of drug-likeness (QED) is 0.823. The maximum Gasteiger partial charge on any atom is 0.236 e. The molecule has 3 aliphatic rings. The van der Waals surface area contributed by atoms with Crippen molar-refractivity contribution in [3.8, 4) is 0 Å². The van der Waals surface area contributed by atoms with E-state index in [0.717, 1.165) is 45.4 Å². The number of rotatable bonds is 3. The van der Waals surface area contributed by atoms with E-state index in [-0.39, 0.29) is 0 Å². The lowest BCUT2D eigenvalue weighted by atomic mass is 10.0. The van der Waals surface area contributed by atoms with Crippen molar-refractivity contribution in [2.75, 3.05) is 45.8 Å². The molecule has 2 N–H and O–H groups in total. The molecule has 0 aromatic heterocycles. The molecule has 3 aliphatic heterocycles. The average molecular weight is 294 g/mol. The molecule has 0 saturated carbocycles. The smallest absolute Gasteiger partial charge is 0.236 e. The standard InChI is InChI=1S/C16H30N4O/c17-14-5-10-18(11-6-14)13-16(21)20-9-3-4-15(12-20)19-7-1-2-8-19/h14-15H,1-13,17H2. The van der Waals surface area contributed by atoms with Crippen molar-refractivity contribution in [2.24, 2.45) is 5.73 Å². The Balaban J connectivity index is 1.47. The highest BCUT2D eigenvalue weighted by Crippen LogP contribution is 2.20. The van der Waals surface area contributed by atoms with Crippen LogP contribution in [0.5, 0.6) is 0 Å². The van der Waals surface area contributed by atoms with Crippen LogP contribution in [-0.4, -0.2) is 78.5 Å². The molecular weight excluding hydrogens is 264 g/mol. The van der Waals surface area contributed by atoms with Crippen LogP contribution in [0.25, 0.3) is 0 Å². The van der Waals surface area contributed by atoms with Gasteiger partial charge in [-0.1, -0.05) is 0 Å². The van der Waals surface area contributed by atoms with Gasteiger partial charge >= 0.3 is 0 Å². The summed E-state index contributed by atoms with van der Waals surface area (Å²) in [5.41, 5.74) is 5.93. The second-order valence-corrected chi connectivity index (χ2v) is 6.99. The third-order valence-electron chi connectivity index (χ3n) is 5.40. The number of carbonyl (C=O) groups is 1. The van der Waals surface area contributed by atoms with Gasteiger partial charge in [0.1, 0.15) is 0 Å². The summed E-state index contributed by atoms with van der Waals surface area (Å²) >= 11 is 0. The second-order valence-electron chi connectivity index (χ2n) is 6.99. The number of hydrogen-bond acceptors (Lipinski definition) is 4. The lowest BCUT2D eigenvalue weighted by Gasteiger charge is -2.39. The Kier molecular flexibility index (Phi) is 5.14. The van der Waals surface area contributed by atoms with E-state index in [4.69, 9.17) is 5.73 Å². The number of likely N-dealkylation sites (tertiary alicyclic amines) is 3. The zero-order valence-electron chi connectivity index (χ0n) is 13.2. The monoisotopic (exact) mass is 294 g/mol. The van der Waals surface area contributed by atoms with Crippen LogP contribution in [0.1, 0.15) is 38.5 Å². The van der Waals surface area contributed by atoms with Crippen molar-refractivity contribution in [2.45, 2.75) is 50.6 Å². The number of nitrogens with zero attached hydrogens (tertiary/aromatic N) is 3. The van der Waals surface area contributed by atoms with E-state index in [1.807, 2.05) is 0 Å². The summed E-state index contributed by atoms with van der Waals surface area (Å²) in [6, 6.07) is 0.950. The minimum Gasteiger partial charge on any atom is -0.340 e. The maximum absolute atomic E-state index is 12.5. The van der Waals surface area contributed by atoms with Crippen LogP contribution in [0.4, 0.5) is 0 Å². The van der Waals surface area contributed by atoms with Gasteiger partial charge in [0, 0.05) is 38.3 Å². The van der Waals surface area contributed by atoms with E-state index in [1.54, 1.807) is 0 Å². The van der Waals surface area contributed by atoms with E-state index < -0.39 is 0 Å². The van der Waals surface area contributed by atoms with Crippen molar-refractivity contribution in [3.05, 3.63) is 0 Å². The van der Waals surface area contributed by atoms with Gasteiger partial charge in [-0.15, -0.1) is 0 Å². The number of hydrogen-bond donors (Lipinski definition) is 1. The first kappa shape index (κ1) is 15.3. The van der Waals surface area contributed by atoms with E-state index in [9.17, 15) is 4.79 Å². The van der Waals surface area contributed by atoms with Crippen LogP contribution in [-0.2, 0) is 4.79 Å². The Hall–Kier alpha value is -0.650. The summed E-state index contributed by atoms with van der Waals surface area (Å²) in [6.45, 7) is 6.93. The van der Waals surface area contributed by atoms with Gasteiger partial charge in [0.05, 0.1) is 6.54 Å². The fourth-order valence-electron chi connectivity index (χ4n) is 3.99. The molecule has 3 rings (SSSR count). The molecule has 0 aliphatic carbocycles. The highest BCUT2D eigenvalue weighted by Gasteiger charge is 2.30. The van der Waals surface area contributed by atoms with Gasteiger partial charge in [-0.3, -0.25) is 14.6 Å². The molecule has 3 fully saturated rings. The van der Waals surface area contributed by atoms with Crippen LogP contribution in [0, 0.1) is 0 Å². The van der Waals surface area contributed by atoms with Gasteiger partial charge in [-0.05, 0) is 51.6 Å². The molecule has 0 radical (unpaired) electrons. The lowest BCUT2D eigenvalue weighted by molar-refractivity contribution is -0.134. The Morgan fingerprint density at radius 2 is 1.67 bits per heavy atom. The molecule has 0 spiro atoms. The Morgan fingerprint density at radius 1 is 0.952 bits per heavy atom. The molecule has 3 saturated heterocycles. The summed E-state index contributed by atoms with van der Waals surface area (Å²) in [6.07, 6.45) is 7.16. The Labute approximate surface area is 128 Å². The fraction of sp³-hybridized carbons (Fsp3) is 0.938. The summed E-state index contributed by atoms with van der Waals surface area (Å²) in [7, 11) is 0. The molecule has 21 heavy (non-hydrogen) atoms. The number of piperidine rings is 2. The maximum atomic E-state index is 12.5. The van der Waals surface area contributed by atoms with Crippen LogP contribution in [0.2, 0.25) is 0 Å². The summed E-state index contributed by atoms with van der Waals surface area (Å²) in [5, 5.41) is 0. The van der Waals surface area contributed by atoms with Gasteiger partial charge in [0.25, 0.3) is 0 Å². The fourth-order valence-corrected chi connectivity index (χ4v) is 3.99. The van der Waals surface area contributed by atoms with Crippen LogP contribution in [0.15, 0.2) is 0 Å². The van der Waals surface area contributed by atoms with E-state index >= 15 is 0 Å². The average Bonchev–Trinajstić information content (AvgIpc) is 3.04. The normalized spacial score (nSPS) is 30.0. The third-order valence-corrected chi connectivity index (χ3v) is 5.40. The first-order chi connectivity index (χ1) is 10.2. The summed E-state index contributed by atoms with van der Waals surface area (Å²) < 4.78 is 0. The molecule has 120 valence electrons. The molecule has 1 atom stereocenters. The van der Waals surface area contributed by atoms with Crippen molar-refractivity contribution >= 4 is 5.91 Å². The zero-order chi connectivity index (χ0) is 14.7. The number of amides is 1. The lowest BCUT2D eigenvalue weighted by Crippen LogP contribution is -2.52. The Bertz CT molecular complexity index is 348. The van der Waals surface area contributed by atoms with Crippen molar-refractivity contribution < 1.29 is 4.79 Å². The van der Waals surface area contributed by atoms with Crippen molar-refractivity contribution in [1.82, 2.24) is 14.7 Å². The van der Waals surface area contributed by atoms with Crippen LogP contribution >= 0.6 is 0 Å². The van der Waals surface area contributed by atoms with E-state index in [2.05, 4.69) is 14.7 Å². The molecule has 5 nitrogen and oxygen atoms in total.